The summed E-state index contributed by atoms with van der Waals surface area (Å²) in [5, 5.41) is 12.5. The zero-order chi connectivity index (χ0) is 24.9. The SMILES string of the molecule is CCCCCCCCCCN(CCCCCCCCCC)C(=O)N[C@@H](C(=O)O)c1ccccc1. The van der Waals surface area contributed by atoms with Crippen LogP contribution in [0, 0.1) is 0 Å². The fourth-order valence-electron chi connectivity index (χ4n) is 4.34. The van der Waals surface area contributed by atoms with Gasteiger partial charge in [0, 0.05) is 13.1 Å². The zero-order valence-electron chi connectivity index (χ0n) is 21.9. The molecule has 0 aliphatic heterocycles. The number of nitrogens with one attached hydrogen (secondary N) is 1. The van der Waals surface area contributed by atoms with Crippen molar-refractivity contribution in [1.29, 1.82) is 0 Å². The minimum atomic E-state index is -1.03. The monoisotopic (exact) mass is 474 g/mol. The number of benzene rings is 1. The number of carbonyl (C=O) groups is 2. The number of unbranched alkanes of at least 4 members (excludes halogenated alkanes) is 14. The zero-order valence-corrected chi connectivity index (χ0v) is 21.9. The molecule has 2 N–H and O–H groups in total. The molecule has 0 aromatic heterocycles. The number of urea groups is 1. The van der Waals surface area contributed by atoms with E-state index >= 15 is 0 Å². The maximum Gasteiger partial charge on any atom is 0.330 e. The normalized spacial score (nSPS) is 11.8. The van der Waals surface area contributed by atoms with Gasteiger partial charge in [-0.2, -0.15) is 0 Å². The molecule has 5 nitrogen and oxygen atoms in total. The molecule has 0 radical (unpaired) electrons. The Hall–Kier alpha value is -2.04. The topological polar surface area (TPSA) is 69.6 Å². The molecule has 1 aromatic carbocycles. The molecular weight excluding hydrogens is 424 g/mol. The van der Waals surface area contributed by atoms with E-state index in [1.165, 1.54) is 77.0 Å². The third kappa shape index (κ3) is 14.3. The molecule has 2 amide bonds. The molecular formula is C29H50N2O3. The van der Waals surface area contributed by atoms with Gasteiger partial charge in [0.15, 0.2) is 6.04 Å². The number of carboxylic acids is 1. The van der Waals surface area contributed by atoms with Crippen LogP contribution in [0.3, 0.4) is 0 Å². The number of rotatable bonds is 21. The first-order valence-corrected chi connectivity index (χ1v) is 13.9. The van der Waals surface area contributed by atoms with Crippen LogP contribution in [-0.2, 0) is 4.79 Å². The average Bonchev–Trinajstić information content (AvgIpc) is 2.84. The number of carboxylic acid groups (broad SMARTS) is 1. The van der Waals surface area contributed by atoms with Gasteiger partial charge in [-0.3, -0.25) is 0 Å². The fourth-order valence-corrected chi connectivity index (χ4v) is 4.34. The Labute approximate surface area is 208 Å². The van der Waals surface area contributed by atoms with Crippen molar-refractivity contribution in [3.63, 3.8) is 0 Å². The van der Waals surface area contributed by atoms with Crippen LogP contribution >= 0.6 is 0 Å². The summed E-state index contributed by atoms with van der Waals surface area (Å²) in [4.78, 5) is 26.7. The van der Waals surface area contributed by atoms with Crippen LogP contribution in [0.15, 0.2) is 30.3 Å². The summed E-state index contributed by atoms with van der Waals surface area (Å²) in [6, 6.07) is 7.67. The highest BCUT2D eigenvalue weighted by Gasteiger charge is 2.24. The molecule has 0 saturated heterocycles. The van der Waals surface area contributed by atoms with Gasteiger partial charge in [0.1, 0.15) is 0 Å². The van der Waals surface area contributed by atoms with E-state index in [1.807, 2.05) is 11.0 Å². The molecule has 1 aromatic rings. The summed E-state index contributed by atoms with van der Waals surface area (Å²) in [6.07, 6.45) is 19.5. The summed E-state index contributed by atoms with van der Waals surface area (Å²) in [6.45, 7) is 5.86. The average molecular weight is 475 g/mol. The van der Waals surface area contributed by atoms with Crippen molar-refractivity contribution in [3.05, 3.63) is 35.9 Å². The Kier molecular flexibility index (Phi) is 17.9. The Morgan fingerprint density at radius 1 is 0.706 bits per heavy atom. The third-order valence-electron chi connectivity index (χ3n) is 6.50. The van der Waals surface area contributed by atoms with Gasteiger partial charge >= 0.3 is 12.0 Å². The van der Waals surface area contributed by atoms with Crippen LogP contribution in [0.5, 0.6) is 0 Å². The standard InChI is InChI=1S/C29H50N2O3/c1-3-5-7-9-11-13-15-20-24-31(25-21-16-14-12-10-8-6-4-2)29(34)30-27(28(32)33)26-22-18-17-19-23-26/h17-19,22-23,27H,3-16,20-21,24-25H2,1-2H3,(H,30,34)(H,32,33)/t27-/m1/s1. The largest absolute Gasteiger partial charge is 0.479 e. The Morgan fingerprint density at radius 3 is 1.53 bits per heavy atom. The molecule has 194 valence electrons. The van der Waals surface area contributed by atoms with Gasteiger partial charge in [-0.25, -0.2) is 9.59 Å². The molecule has 0 bridgehead atoms. The first-order chi connectivity index (χ1) is 16.6. The van der Waals surface area contributed by atoms with Crippen molar-refractivity contribution in [2.75, 3.05) is 13.1 Å². The van der Waals surface area contributed by atoms with Gasteiger partial charge < -0.3 is 15.3 Å². The second kappa shape index (κ2) is 20.3. The van der Waals surface area contributed by atoms with Gasteiger partial charge in [0.2, 0.25) is 0 Å². The quantitative estimate of drug-likeness (QED) is 0.177. The first kappa shape index (κ1) is 30.0. The molecule has 0 unspecified atom stereocenters. The van der Waals surface area contributed by atoms with Crippen molar-refractivity contribution in [1.82, 2.24) is 10.2 Å². The molecule has 0 saturated carbocycles. The minimum Gasteiger partial charge on any atom is -0.479 e. The van der Waals surface area contributed by atoms with E-state index in [0.29, 0.717) is 18.7 Å². The highest BCUT2D eigenvalue weighted by molar-refractivity contribution is 5.83. The number of hydrogen-bond acceptors (Lipinski definition) is 2. The van der Waals surface area contributed by atoms with Gasteiger partial charge in [-0.15, -0.1) is 0 Å². The molecule has 0 spiro atoms. The Morgan fingerprint density at radius 2 is 1.12 bits per heavy atom. The number of nitrogens with zero attached hydrogens (tertiary/aromatic N) is 1. The fraction of sp³-hybridized carbons (Fsp3) is 0.724. The second-order valence-electron chi connectivity index (χ2n) is 9.57. The minimum absolute atomic E-state index is 0.262. The van der Waals surface area contributed by atoms with Crippen molar-refractivity contribution >= 4 is 12.0 Å². The molecule has 34 heavy (non-hydrogen) atoms. The predicted octanol–water partition coefficient (Wildman–Crippen LogP) is 8.11. The van der Waals surface area contributed by atoms with E-state index in [9.17, 15) is 14.7 Å². The van der Waals surface area contributed by atoms with Crippen LogP contribution < -0.4 is 5.32 Å². The smallest absolute Gasteiger partial charge is 0.330 e. The maximum absolute atomic E-state index is 13.1. The summed E-state index contributed by atoms with van der Waals surface area (Å²) < 4.78 is 0. The van der Waals surface area contributed by atoms with Gasteiger partial charge in [-0.05, 0) is 18.4 Å². The lowest BCUT2D eigenvalue weighted by Gasteiger charge is -2.25. The van der Waals surface area contributed by atoms with Gasteiger partial charge in [0.25, 0.3) is 0 Å². The Balaban J connectivity index is 2.52. The van der Waals surface area contributed by atoms with E-state index in [1.54, 1.807) is 24.3 Å². The van der Waals surface area contributed by atoms with Crippen molar-refractivity contribution < 1.29 is 14.7 Å². The Bertz CT molecular complexity index is 616. The molecule has 0 heterocycles. The number of amides is 2. The van der Waals surface area contributed by atoms with Crippen molar-refractivity contribution in [2.24, 2.45) is 0 Å². The lowest BCUT2D eigenvalue weighted by Crippen LogP contribution is -2.44. The highest BCUT2D eigenvalue weighted by Crippen LogP contribution is 2.15. The van der Waals surface area contributed by atoms with E-state index in [0.717, 1.165) is 25.7 Å². The van der Waals surface area contributed by atoms with Crippen molar-refractivity contribution in [2.45, 2.75) is 123 Å². The third-order valence-corrected chi connectivity index (χ3v) is 6.50. The first-order valence-electron chi connectivity index (χ1n) is 13.9. The molecule has 0 aliphatic carbocycles. The molecule has 1 rings (SSSR count). The molecule has 1 atom stereocenters. The van der Waals surface area contributed by atoms with Crippen LogP contribution in [0.1, 0.15) is 128 Å². The summed E-state index contributed by atoms with van der Waals surface area (Å²) in [5.74, 6) is -1.03. The van der Waals surface area contributed by atoms with Crippen molar-refractivity contribution in [3.8, 4) is 0 Å². The van der Waals surface area contributed by atoms with Gasteiger partial charge in [-0.1, -0.05) is 134 Å². The summed E-state index contributed by atoms with van der Waals surface area (Å²) in [5.41, 5.74) is 0.599. The van der Waals surface area contributed by atoms with Crippen LogP contribution in [-0.4, -0.2) is 35.1 Å². The molecule has 5 heteroatoms. The lowest BCUT2D eigenvalue weighted by atomic mass is 10.1. The van der Waals surface area contributed by atoms with Crippen LogP contribution in [0.2, 0.25) is 0 Å². The van der Waals surface area contributed by atoms with Crippen LogP contribution in [0.25, 0.3) is 0 Å². The maximum atomic E-state index is 13.1. The van der Waals surface area contributed by atoms with E-state index < -0.39 is 12.0 Å². The number of carbonyl (C=O) groups excluding carboxylic acids is 1. The van der Waals surface area contributed by atoms with Gasteiger partial charge in [0.05, 0.1) is 0 Å². The van der Waals surface area contributed by atoms with E-state index in [4.69, 9.17) is 0 Å². The highest BCUT2D eigenvalue weighted by atomic mass is 16.4. The van der Waals surface area contributed by atoms with E-state index in [-0.39, 0.29) is 6.03 Å². The summed E-state index contributed by atoms with van der Waals surface area (Å²) in [7, 11) is 0. The summed E-state index contributed by atoms with van der Waals surface area (Å²) >= 11 is 0. The second-order valence-corrected chi connectivity index (χ2v) is 9.57. The van der Waals surface area contributed by atoms with Crippen LogP contribution in [0.4, 0.5) is 4.79 Å². The predicted molar refractivity (Wildman–Crippen MR) is 142 cm³/mol. The van der Waals surface area contributed by atoms with E-state index in [2.05, 4.69) is 19.2 Å². The molecule has 0 aliphatic rings. The number of aliphatic carboxylic acids is 1. The lowest BCUT2D eigenvalue weighted by molar-refractivity contribution is -0.139. The number of hydrogen-bond donors (Lipinski definition) is 2. The molecule has 0 fully saturated rings.